The van der Waals surface area contributed by atoms with Crippen molar-refractivity contribution in [2.45, 2.75) is 38.8 Å². The van der Waals surface area contributed by atoms with E-state index in [9.17, 15) is 14.4 Å². The minimum atomic E-state index is -0.789. The SMILES string of the molecule is CSCC[C@@H](NC(=O)c1ccccc1)C(=O)OCC(=O)NC(C)(C)C. The molecule has 0 heterocycles. The molecule has 0 aliphatic heterocycles. The lowest BCUT2D eigenvalue weighted by atomic mass is 10.1. The Morgan fingerprint density at radius 1 is 1.16 bits per heavy atom. The molecular weight excluding hydrogens is 340 g/mol. The summed E-state index contributed by atoms with van der Waals surface area (Å²) < 4.78 is 5.07. The zero-order valence-electron chi connectivity index (χ0n) is 15.1. The molecule has 0 spiro atoms. The van der Waals surface area contributed by atoms with Crippen molar-refractivity contribution in [3.63, 3.8) is 0 Å². The number of ether oxygens (including phenoxy) is 1. The summed E-state index contributed by atoms with van der Waals surface area (Å²) in [5.74, 6) is -0.646. The van der Waals surface area contributed by atoms with Gasteiger partial charge in [0.15, 0.2) is 6.61 Å². The van der Waals surface area contributed by atoms with E-state index >= 15 is 0 Å². The Morgan fingerprint density at radius 2 is 1.80 bits per heavy atom. The Kier molecular flexibility index (Phi) is 8.48. The van der Waals surface area contributed by atoms with Crippen LogP contribution in [-0.2, 0) is 14.3 Å². The van der Waals surface area contributed by atoms with Crippen LogP contribution in [0.4, 0.5) is 0 Å². The van der Waals surface area contributed by atoms with E-state index in [1.165, 1.54) is 0 Å². The molecule has 0 aromatic heterocycles. The summed E-state index contributed by atoms with van der Waals surface area (Å²) in [6, 6.07) is 7.86. The second kappa shape index (κ2) is 10.1. The van der Waals surface area contributed by atoms with Gasteiger partial charge in [0.2, 0.25) is 0 Å². The first kappa shape index (κ1) is 21.0. The standard InChI is InChI=1S/C18H26N2O4S/c1-18(2,3)20-15(21)12-24-17(23)14(10-11-25-4)19-16(22)13-8-6-5-7-9-13/h5-9,14H,10-12H2,1-4H3,(H,19,22)(H,20,21)/t14-/m1/s1. The van der Waals surface area contributed by atoms with Gasteiger partial charge in [0, 0.05) is 11.1 Å². The van der Waals surface area contributed by atoms with Crippen molar-refractivity contribution in [1.82, 2.24) is 10.6 Å². The van der Waals surface area contributed by atoms with Crippen molar-refractivity contribution in [1.29, 1.82) is 0 Å². The Hall–Kier alpha value is -2.02. The van der Waals surface area contributed by atoms with E-state index in [0.29, 0.717) is 17.7 Å². The summed E-state index contributed by atoms with van der Waals surface area (Å²) in [6.07, 6.45) is 2.34. The maximum atomic E-state index is 12.3. The number of nitrogens with one attached hydrogen (secondary N) is 2. The Morgan fingerprint density at radius 3 is 2.36 bits per heavy atom. The number of hydrogen-bond acceptors (Lipinski definition) is 5. The van der Waals surface area contributed by atoms with Crippen LogP contribution >= 0.6 is 11.8 Å². The summed E-state index contributed by atoms with van der Waals surface area (Å²) in [5.41, 5.74) is 0.0680. The third kappa shape index (κ3) is 8.58. The highest BCUT2D eigenvalue weighted by Gasteiger charge is 2.24. The van der Waals surface area contributed by atoms with E-state index in [1.54, 1.807) is 36.0 Å². The summed E-state index contributed by atoms with van der Waals surface area (Å²) in [7, 11) is 0. The number of rotatable bonds is 8. The quantitative estimate of drug-likeness (QED) is 0.688. The molecule has 0 unspecified atom stereocenters. The van der Waals surface area contributed by atoms with Gasteiger partial charge in [0.1, 0.15) is 6.04 Å². The highest BCUT2D eigenvalue weighted by atomic mass is 32.2. The minimum absolute atomic E-state index is 0.345. The third-order valence-electron chi connectivity index (χ3n) is 3.10. The molecule has 1 aromatic carbocycles. The van der Waals surface area contributed by atoms with Crippen LogP contribution in [0.2, 0.25) is 0 Å². The van der Waals surface area contributed by atoms with Crippen LogP contribution in [-0.4, -0.2) is 48.0 Å². The van der Waals surface area contributed by atoms with Crippen LogP contribution < -0.4 is 10.6 Å². The fourth-order valence-electron chi connectivity index (χ4n) is 2.01. The van der Waals surface area contributed by atoms with E-state index in [4.69, 9.17) is 4.74 Å². The van der Waals surface area contributed by atoms with Gasteiger partial charge in [-0.2, -0.15) is 11.8 Å². The topological polar surface area (TPSA) is 84.5 Å². The van der Waals surface area contributed by atoms with Crippen LogP contribution in [0.5, 0.6) is 0 Å². The highest BCUT2D eigenvalue weighted by molar-refractivity contribution is 7.98. The van der Waals surface area contributed by atoms with E-state index in [2.05, 4.69) is 10.6 Å². The van der Waals surface area contributed by atoms with Crippen molar-refractivity contribution in [2.75, 3.05) is 18.6 Å². The third-order valence-corrected chi connectivity index (χ3v) is 3.74. The van der Waals surface area contributed by atoms with Crippen molar-refractivity contribution < 1.29 is 19.1 Å². The van der Waals surface area contributed by atoms with E-state index < -0.39 is 17.6 Å². The lowest BCUT2D eigenvalue weighted by molar-refractivity contribution is -0.150. The molecule has 0 saturated heterocycles. The van der Waals surface area contributed by atoms with Gasteiger partial charge in [-0.05, 0) is 51.3 Å². The van der Waals surface area contributed by atoms with E-state index in [-0.39, 0.29) is 18.4 Å². The van der Waals surface area contributed by atoms with E-state index in [0.717, 1.165) is 0 Å². The molecule has 0 aliphatic rings. The minimum Gasteiger partial charge on any atom is -0.454 e. The molecule has 0 bridgehead atoms. The summed E-state index contributed by atoms with van der Waals surface area (Å²) in [4.78, 5) is 36.3. The maximum Gasteiger partial charge on any atom is 0.329 e. The first-order chi connectivity index (χ1) is 11.7. The monoisotopic (exact) mass is 366 g/mol. The van der Waals surface area contributed by atoms with E-state index in [1.807, 2.05) is 33.1 Å². The fourth-order valence-corrected chi connectivity index (χ4v) is 2.48. The van der Waals surface area contributed by atoms with Crippen LogP contribution in [0.1, 0.15) is 37.6 Å². The molecule has 7 heteroatoms. The van der Waals surface area contributed by atoms with Crippen LogP contribution in [0.15, 0.2) is 30.3 Å². The number of benzene rings is 1. The Balaban J connectivity index is 2.63. The molecule has 0 saturated carbocycles. The molecule has 1 atom stereocenters. The van der Waals surface area contributed by atoms with Crippen molar-refractivity contribution in [2.24, 2.45) is 0 Å². The second-order valence-electron chi connectivity index (χ2n) is 6.58. The fraction of sp³-hybridized carbons (Fsp3) is 0.500. The first-order valence-electron chi connectivity index (χ1n) is 8.05. The van der Waals surface area contributed by atoms with Crippen molar-refractivity contribution >= 4 is 29.5 Å². The number of hydrogen-bond donors (Lipinski definition) is 2. The zero-order chi connectivity index (χ0) is 18.9. The molecule has 1 rings (SSSR count). The molecule has 2 amide bonds. The van der Waals surface area contributed by atoms with Crippen molar-refractivity contribution in [3.8, 4) is 0 Å². The average molecular weight is 366 g/mol. The number of carbonyl (C=O) groups excluding carboxylic acids is 3. The summed E-state index contributed by atoms with van der Waals surface area (Å²) >= 11 is 1.56. The predicted octanol–water partition coefficient (Wildman–Crippen LogP) is 2.00. The summed E-state index contributed by atoms with van der Waals surface area (Å²) in [5, 5.41) is 5.40. The second-order valence-corrected chi connectivity index (χ2v) is 7.57. The van der Waals surface area contributed by atoms with Gasteiger partial charge in [-0.3, -0.25) is 9.59 Å². The predicted molar refractivity (Wildman–Crippen MR) is 99.5 cm³/mol. The zero-order valence-corrected chi connectivity index (χ0v) is 15.9. The lowest BCUT2D eigenvalue weighted by Gasteiger charge is -2.21. The van der Waals surface area contributed by atoms with Gasteiger partial charge in [0.25, 0.3) is 11.8 Å². The summed E-state index contributed by atoms with van der Waals surface area (Å²) in [6.45, 7) is 5.16. The maximum absolute atomic E-state index is 12.3. The van der Waals surface area contributed by atoms with Crippen LogP contribution in [0.3, 0.4) is 0 Å². The molecule has 6 nitrogen and oxygen atoms in total. The van der Waals surface area contributed by atoms with Gasteiger partial charge >= 0.3 is 5.97 Å². The number of carbonyl (C=O) groups is 3. The van der Waals surface area contributed by atoms with Crippen LogP contribution in [0.25, 0.3) is 0 Å². The number of amides is 2. The smallest absolute Gasteiger partial charge is 0.329 e. The molecule has 25 heavy (non-hydrogen) atoms. The van der Waals surface area contributed by atoms with Gasteiger partial charge < -0.3 is 15.4 Å². The molecule has 2 N–H and O–H groups in total. The largest absolute Gasteiger partial charge is 0.454 e. The lowest BCUT2D eigenvalue weighted by Crippen LogP contribution is -2.45. The first-order valence-corrected chi connectivity index (χ1v) is 9.45. The van der Waals surface area contributed by atoms with Gasteiger partial charge in [-0.1, -0.05) is 18.2 Å². The highest BCUT2D eigenvalue weighted by Crippen LogP contribution is 2.06. The Labute approximate surface area is 153 Å². The normalized spacial score (nSPS) is 12.2. The molecule has 0 fully saturated rings. The average Bonchev–Trinajstić information content (AvgIpc) is 2.55. The molecular formula is C18H26N2O4S. The molecule has 1 aromatic rings. The van der Waals surface area contributed by atoms with Crippen molar-refractivity contribution in [3.05, 3.63) is 35.9 Å². The molecule has 138 valence electrons. The van der Waals surface area contributed by atoms with Gasteiger partial charge in [-0.25, -0.2) is 4.79 Å². The van der Waals surface area contributed by atoms with Gasteiger partial charge in [0.05, 0.1) is 0 Å². The number of thioether (sulfide) groups is 1. The number of esters is 1. The van der Waals surface area contributed by atoms with Gasteiger partial charge in [-0.15, -0.1) is 0 Å². The molecule has 0 aliphatic carbocycles. The molecule has 0 radical (unpaired) electrons. The Bertz CT molecular complexity index is 584. The van der Waals surface area contributed by atoms with Crippen LogP contribution in [0, 0.1) is 0 Å².